The molecular formula is C14H27N3O. The minimum Gasteiger partial charge on any atom is -0.338 e. The first-order chi connectivity index (χ1) is 8.49. The summed E-state index contributed by atoms with van der Waals surface area (Å²) >= 11 is 0. The molecule has 0 radical (unpaired) electrons. The fraction of sp³-hybridized carbons (Fsp3) is 0.929. The van der Waals surface area contributed by atoms with E-state index >= 15 is 0 Å². The van der Waals surface area contributed by atoms with Gasteiger partial charge in [-0.05, 0) is 32.1 Å². The molecule has 5 unspecified atom stereocenters. The summed E-state index contributed by atoms with van der Waals surface area (Å²) in [5.41, 5.74) is 0. The molecule has 0 aromatic heterocycles. The molecule has 0 bridgehead atoms. The van der Waals surface area contributed by atoms with Crippen LogP contribution in [0.1, 0.15) is 34.1 Å². The van der Waals surface area contributed by atoms with Gasteiger partial charge in [-0.15, -0.1) is 0 Å². The Morgan fingerprint density at radius 1 is 1.11 bits per heavy atom. The van der Waals surface area contributed by atoms with Gasteiger partial charge >= 0.3 is 0 Å². The Morgan fingerprint density at radius 2 is 1.83 bits per heavy atom. The summed E-state index contributed by atoms with van der Waals surface area (Å²) in [4.78, 5) is 14.7. The summed E-state index contributed by atoms with van der Waals surface area (Å²) in [6.45, 7) is 11.4. The fourth-order valence-electron chi connectivity index (χ4n) is 3.16. The van der Waals surface area contributed by atoms with Crippen molar-refractivity contribution in [3.63, 3.8) is 0 Å². The lowest BCUT2D eigenvalue weighted by atomic mass is 9.85. The van der Waals surface area contributed by atoms with Crippen LogP contribution in [0.5, 0.6) is 0 Å². The molecule has 104 valence electrons. The first kappa shape index (κ1) is 13.8. The summed E-state index contributed by atoms with van der Waals surface area (Å²) in [6.07, 6.45) is 1.23. The molecule has 0 aromatic rings. The first-order valence-corrected chi connectivity index (χ1v) is 7.26. The minimum absolute atomic E-state index is 0.0406. The van der Waals surface area contributed by atoms with Crippen LogP contribution in [0.15, 0.2) is 0 Å². The molecule has 0 spiro atoms. The summed E-state index contributed by atoms with van der Waals surface area (Å²) < 4.78 is 0. The first-order valence-electron chi connectivity index (χ1n) is 7.26. The predicted molar refractivity (Wildman–Crippen MR) is 73.4 cm³/mol. The quantitative estimate of drug-likeness (QED) is 0.727. The number of hydrogen-bond donors (Lipinski definition) is 2. The van der Waals surface area contributed by atoms with Gasteiger partial charge in [-0.2, -0.15) is 0 Å². The number of nitrogens with one attached hydrogen (secondary N) is 2. The van der Waals surface area contributed by atoms with E-state index in [2.05, 4.69) is 43.2 Å². The third-order valence-corrected chi connectivity index (χ3v) is 4.52. The lowest BCUT2D eigenvalue weighted by Crippen LogP contribution is -2.62. The molecule has 4 nitrogen and oxygen atoms in total. The van der Waals surface area contributed by atoms with E-state index in [-0.39, 0.29) is 11.9 Å². The number of nitrogens with zero attached hydrogens (tertiary/aromatic N) is 1. The second kappa shape index (κ2) is 5.57. The van der Waals surface area contributed by atoms with E-state index in [4.69, 9.17) is 0 Å². The zero-order valence-electron chi connectivity index (χ0n) is 12.1. The van der Waals surface area contributed by atoms with E-state index in [9.17, 15) is 4.79 Å². The number of carbonyl (C=O) groups is 1. The van der Waals surface area contributed by atoms with E-state index in [1.165, 1.54) is 6.42 Å². The molecule has 2 aliphatic heterocycles. The van der Waals surface area contributed by atoms with Crippen LogP contribution in [-0.2, 0) is 4.79 Å². The smallest absolute Gasteiger partial charge is 0.241 e. The normalized spacial score (nSPS) is 41.8. The lowest BCUT2D eigenvalue weighted by molar-refractivity contribution is -0.139. The lowest BCUT2D eigenvalue weighted by Gasteiger charge is -2.43. The molecule has 2 N–H and O–H groups in total. The van der Waals surface area contributed by atoms with Gasteiger partial charge in [-0.25, -0.2) is 0 Å². The number of piperazine rings is 1. The third-order valence-electron chi connectivity index (χ3n) is 4.52. The molecule has 4 heteroatoms. The predicted octanol–water partition coefficient (Wildman–Crippen LogP) is 0.829. The monoisotopic (exact) mass is 253 g/mol. The van der Waals surface area contributed by atoms with Gasteiger partial charge in [0.05, 0.1) is 6.04 Å². The van der Waals surface area contributed by atoms with Gasteiger partial charge in [0.15, 0.2) is 0 Å². The van der Waals surface area contributed by atoms with Crippen LogP contribution in [0, 0.1) is 11.8 Å². The van der Waals surface area contributed by atoms with Crippen molar-refractivity contribution >= 4 is 5.91 Å². The van der Waals surface area contributed by atoms with Crippen molar-refractivity contribution in [2.45, 2.75) is 52.2 Å². The second-order valence-corrected chi connectivity index (χ2v) is 6.32. The van der Waals surface area contributed by atoms with Gasteiger partial charge in [0.25, 0.3) is 0 Å². The van der Waals surface area contributed by atoms with Crippen molar-refractivity contribution in [1.82, 2.24) is 15.5 Å². The molecule has 5 atom stereocenters. The summed E-state index contributed by atoms with van der Waals surface area (Å²) in [5, 5.41) is 6.74. The van der Waals surface area contributed by atoms with Crippen LogP contribution >= 0.6 is 0 Å². The maximum Gasteiger partial charge on any atom is 0.241 e. The summed E-state index contributed by atoms with van der Waals surface area (Å²) in [7, 11) is 0. The molecule has 2 aliphatic rings. The minimum atomic E-state index is -0.0406. The highest BCUT2D eigenvalue weighted by atomic mass is 16.2. The fourth-order valence-corrected chi connectivity index (χ4v) is 3.16. The summed E-state index contributed by atoms with van der Waals surface area (Å²) in [6, 6.07) is 0.793. The SMILES string of the molecule is CC1CC(C)C(C)N(C(=O)C2CNC(C)CN2)C1. The molecule has 0 saturated carbocycles. The van der Waals surface area contributed by atoms with Crippen LogP contribution in [0.25, 0.3) is 0 Å². The van der Waals surface area contributed by atoms with Crippen LogP contribution in [0.4, 0.5) is 0 Å². The van der Waals surface area contributed by atoms with Gasteiger partial charge in [0, 0.05) is 31.7 Å². The third kappa shape index (κ3) is 2.86. The number of piperidine rings is 1. The molecule has 2 heterocycles. The van der Waals surface area contributed by atoms with E-state index in [0.29, 0.717) is 23.9 Å². The van der Waals surface area contributed by atoms with Crippen LogP contribution in [-0.4, -0.2) is 48.6 Å². The van der Waals surface area contributed by atoms with Crippen molar-refractivity contribution in [2.75, 3.05) is 19.6 Å². The molecule has 18 heavy (non-hydrogen) atoms. The Labute approximate surface area is 110 Å². The van der Waals surface area contributed by atoms with Crippen molar-refractivity contribution in [3.05, 3.63) is 0 Å². The van der Waals surface area contributed by atoms with Gasteiger partial charge < -0.3 is 15.5 Å². The second-order valence-electron chi connectivity index (χ2n) is 6.32. The van der Waals surface area contributed by atoms with Crippen molar-refractivity contribution in [1.29, 1.82) is 0 Å². The number of amides is 1. The number of rotatable bonds is 1. The molecule has 2 rings (SSSR count). The zero-order valence-corrected chi connectivity index (χ0v) is 12.1. The average Bonchev–Trinajstić information content (AvgIpc) is 2.34. The molecule has 1 amide bonds. The van der Waals surface area contributed by atoms with Gasteiger partial charge in [-0.1, -0.05) is 13.8 Å². The molecule has 2 fully saturated rings. The Bertz CT molecular complexity index is 299. The highest BCUT2D eigenvalue weighted by molar-refractivity contribution is 5.82. The van der Waals surface area contributed by atoms with E-state index in [0.717, 1.165) is 19.6 Å². The van der Waals surface area contributed by atoms with Gasteiger partial charge in [-0.3, -0.25) is 4.79 Å². The van der Waals surface area contributed by atoms with Crippen LogP contribution in [0.3, 0.4) is 0 Å². The number of hydrogen-bond acceptors (Lipinski definition) is 3. The maximum atomic E-state index is 12.6. The van der Waals surface area contributed by atoms with E-state index in [1.54, 1.807) is 0 Å². The summed E-state index contributed by atoms with van der Waals surface area (Å²) in [5.74, 6) is 1.50. The Hall–Kier alpha value is -0.610. The van der Waals surface area contributed by atoms with Gasteiger partial charge in [0.2, 0.25) is 5.91 Å². The maximum absolute atomic E-state index is 12.6. The molecule has 0 aliphatic carbocycles. The highest BCUT2D eigenvalue weighted by Gasteiger charge is 2.35. The topological polar surface area (TPSA) is 44.4 Å². The van der Waals surface area contributed by atoms with Crippen molar-refractivity contribution in [3.8, 4) is 0 Å². The highest BCUT2D eigenvalue weighted by Crippen LogP contribution is 2.27. The largest absolute Gasteiger partial charge is 0.338 e. The van der Waals surface area contributed by atoms with Crippen molar-refractivity contribution < 1.29 is 4.79 Å². The van der Waals surface area contributed by atoms with Crippen LogP contribution < -0.4 is 10.6 Å². The van der Waals surface area contributed by atoms with E-state index < -0.39 is 0 Å². The molecular weight excluding hydrogens is 226 g/mol. The molecule has 2 saturated heterocycles. The average molecular weight is 253 g/mol. The Kier molecular flexibility index (Phi) is 4.28. The van der Waals surface area contributed by atoms with Crippen molar-refractivity contribution in [2.24, 2.45) is 11.8 Å². The standard InChI is InChI=1S/C14H27N3O/c1-9-5-10(2)12(4)17(8-9)14(18)13-7-15-11(3)6-16-13/h9-13,15-16H,5-8H2,1-4H3. The number of likely N-dealkylation sites (tertiary alicyclic amines) is 1. The Morgan fingerprint density at radius 3 is 2.44 bits per heavy atom. The molecule has 0 aromatic carbocycles. The zero-order chi connectivity index (χ0) is 13.3. The van der Waals surface area contributed by atoms with Gasteiger partial charge in [0.1, 0.15) is 0 Å². The number of carbonyl (C=O) groups excluding carboxylic acids is 1. The Balaban J connectivity index is 1.99. The van der Waals surface area contributed by atoms with E-state index in [1.807, 2.05) is 0 Å². The van der Waals surface area contributed by atoms with Crippen LogP contribution in [0.2, 0.25) is 0 Å².